The lowest BCUT2D eigenvalue weighted by Crippen LogP contribution is -2.08. The summed E-state index contributed by atoms with van der Waals surface area (Å²) in [5, 5.41) is 3.24. The number of para-hydroxylation sites is 1. The standard InChI is InChI=1S/C15H19N3O2/c1-11(2)20-15-8-14(17-10-18-15)16-9-12-6-4-5-7-13(12)19-3/h4-8,10-11H,9H2,1-3H3,(H,16,17,18). The minimum Gasteiger partial charge on any atom is -0.496 e. The molecule has 0 bridgehead atoms. The van der Waals surface area contributed by atoms with E-state index in [0.29, 0.717) is 12.4 Å². The zero-order valence-electron chi connectivity index (χ0n) is 12.0. The van der Waals surface area contributed by atoms with Crippen molar-refractivity contribution in [1.82, 2.24) is 9.97 Å². The highest BCUT2D eigenvalue weighted by Crippen LogP contribution is 2.19. The van der Waals surface area contributed by atoms with Crippen LogP contribution in [0.2, 0.25) is 0 Å². The first kappa shape index (κ1) is 14.1. The molecule has 1 aromatic heterocycles. The highest BCUT2D eigenvalue weighted by atomic mass is 16.5. The Morgan fingerprint density at radius 2 is 2.00 bits per heavy atom. The highest BCUT2D eigenvalue weighted by Gasteiger charge is 2.04. The van der Waals surface area contributed by atoms with Crippen LogP contribution < -0.4 is 14.8 Å². The predicted octanol–water partition coefficient (Wildman–Crippen LogP) is 2.88. The van der Waals surface area contributed by atoms with Gasteiger partial charge in [-0.2, -0.15) is 0 Å². The van der Waals surface area contributed by atoms with Gasteiger partial charge in [-0.15, -0.1) is 0 Å². The zero-order chi connectivity index (χ0) is 14.4. The van der Waals surface area contributed by atoms with E-state index in [2.05, 4.69) is 15.3 Å². The van der Waals surface area contributed by atoms with Crippen LogP contribution in [0.4, 0.5) is 5.82 Å². The lowest BCUT2D eigenvalue weighted by molar-refractivity contribution is 0.232. The average molecular weight is 273 g/mol. The van der Waals surface area contributed by atoms with Crippen molar-refractivity contribution in [1.29, 1.82) is 0 Å². The largest absolute Gasteiger partial charge is 0.496 e. The number of rotatable bonds is 6. The third kappa shape index (κ3) is 3.85. The first-order chi connectivity index (χ1) is 9.69. The van der Waals surface area contributed by atoms with Gasteiger partial charge in [0.2, 0.25) is 5.88 Å². The van der Waals surface area contributed by atoms with Gasteiger partial charge in [-0.1, -0.05) is 18.2 Å². The third-order valence-corrected chi connectivity index (χ3v) is 2.65. The van der Waals surface area contributed by atoms with Gasteiger partial charge in [-0.3, -0.25) is 0 Å². The molecule has 1 heterocycles. The topological polar surface area (TPSA) is 56.3 Å². The summed E-state index contributed by atoms with van der Waals surface area (Å²) in [6.07, 6.45) is 1.58. The fraction of sp³-hybridized carbons (Fsp3) is 0.333. The molecule has 0 aliphatic rings. The van der Waals surface area contributed by atoms with Gasteiger partial charge in [0.15, 0.2) is 0 Å². The van der Waals surface area contributed by atoms with Crippen LogP contribution in [0, 0.1) is 0 Å². The molecule has 5 nitrogen and oxygen atoms in total. The van der Waals surface area contributed by atoms with Gasteiger partial charge in [0.25, 0.3) is 0 Å². The second-order valence-electron chi connectivity index (χ2n) is 4.57. The van der Waals surface area contributed by atoms with Crippen molar-refractivity contribution in [2.75, 3.05) is 12.4 Å². The second kappa shape index (κ2) is 6.75. The minimum atomic E-state index is 0.0898. The van der Waals surface area contributed by atoms with Crippen LogP contribution >= 0.6 is 0 Å². The molecule has 0 atom stereocenters. The van der Waals surface area contributed by atoms with Gasteiger partial charge in [0, 0.05) is 18.2 Å². The average Bonchev–Trinajstić information content (AvgIpc) is 2.45. The number of hydrogen-bond acceptors (Lipinski definition) is 5. The molecule has 0 radical (unpaired) electrons. The van der Waals surface area contributed by atoms with Gasteiger partial charge in [0.1, 0.15) is 17.9 Å². The number of anilines is 1. The molecule has 0 unspecified atom stereocenters. The lowest BCUT2D eigenvalue weighted by atomic mass is 10.2. The van der Waals surface area contributed by atoms with Crippen LogP contribution in [0.3, 0.4) is 0 Å². The van der Waals surface area contributed by atoms with Crippen molar-refractivity contribution in [3.8, 4) is 11.6 Å². The van der Waals surface area contributed by atoms with E-state index in [9.17, 15) is 0 Å². The molecule has 106 valence electrons. The molecular weight excluding hydrogens is 254 g/mol. The molecule has 2 rings (SSSR count). The Bertz CT molecular complexity index is 558. The summed E-state index contributed by atoms with van der Waals surface area (Å²) in [6.45, 7) is 4.55. The number of nitrogens with one attached hydrogen (secondary N) is 1. The van der Waals surface area contributed by atoms with Gasteiger partial charge < -0.3 is 14.8 Å². The molecule has 0 aliphatic heterocycles. The zero-order valence-corrected chi connectivity index (χ0v) is 12.0. The normalized spacial score (nSPS) is 10.4. The summed E-state index contributed by atoms with van der Waals surface area (Å²) in [5.41, 5.74) is 1.07. The van der Waals surface area contributed by atoms with Crippen LogP contribution in [0.1, 0.15) is 19.4 Å². The van der Waals surface area contributed by atoms with E-state index >= 15 is 0 Å². The third-order valence-electron chi connectivity index (χ3n) is 2.65. The Labute approximate surface area is 119 Å². The van der Waals surface area contributed by atoms with E-state index in [1.165, 1.54) is 6.33 Å². The molecule has 0 fully saturated rings. The van der Waals surface area contributed by atoms with Gasteiger partial charge in [-0.05, 0) is 19.9 Å². The first-order valence-electron chi connectivity index (χ1n) is 6.53. The molecule has 0 aliphatic carbocycles. The summed E-state index contributed by atoms with van der Waals surface area (Å²) >= 11 is 0. The summed E-state index contributed by atoms with van der Waals surface area (Å²) < 4.78 is 10.8. The van der Waals surface area contributed by atoms with Crippen molar-refractivity contribution in [2.24, 2.45) is 0 Å². The Balaban J connectivity index is 2.03. The van der Waals surface area contributed by atoms with Crippen molar-refractivity contribution in [3.63, 3.8) is 0 Å². The molecule has 0 saturated carbocycles. The molecule has 5 heteroatoms. The van der Waals surface area contributed by atoms with Crippen molar-refractivity contribution >= 4 is 5.82 Å². The minimum absolute atomic E-state index is 0.0898. The van der Waals surface area contributed by atoms with Gasteiger partial charge in [0.05, 0.1) is 13.2 Å². The number of ether oxygens (including phenoxy) is 2. The van der Waals surface area contributed by atoms with E-state index in [1.54, 1.807) is 13.2 Å². The van der Waals surface area contributed by atoms with Gasteiger partial charge in [-0.25, -0.2) is 9.97 Å². The summed E-state index contributed by atoms with van der Waals surface area (Å²) in [7, 11) is 1.66. The van der Waals surface area contributed by atoms with E-state index in [4.69, 9.17) is 9.47 Å². The number of nitrogens with zero attached hydrogens (tertiary/aromatic N) is 2. The molecule has 0 saturated heterocycles. The number of benzene rings is 1. The Hall–Kier alpha value is -2.30. The number of hydrogen-bond donors (Lipinski definition) is 1. The quantitative estimate of drug-likeness (QED) is 0.877. The van der Waals surface area contributed by atoms with Crippen LogP contribution in [0.25, 0.3) is 0 Å². The molecule has 1 N–H and O–H groups in total. The summed E-state index contributed by atoms with van der Waals surface area (Å²) in [5.74, 6) is 2.15. The molecule has 20 heavy (non-hydrogen) atoms. The summed E-state index contributed by atoms with van der Waals surface area (Å²) in [6, 6.07) is 9.66. The molecule has 0 amide bonds. The van der Waals surface area contributed by atoms with E-state index in [0.717, 1.165) is 17.1 Å². The Morgan fingerprint density at radius 3 is 2.75 bits per heavy atom. The molecular formula is C15H19N3O2. The molecule has 1 aromatic carbocycles. The van der Waals surface area contributed by atoms with Crippen molar-refractivity contribution in [2.45, 2.75) is 26.5 Å². The fourth-order valence-corrected chi connectivity index (χ4v) is 1.78. The first-order valence-corrected chi connectivity index (χ1v) is 6.53. The van der Waals surface area contributed by atoms with E-state index < -0.39 is 0 Å². The number of aromatic nitrogens is 2. The monoisotopic (exact) mass is 273 g/mol. The second-order valence-corrected chi connectivity index (χ2v) is 4.57. The summed E-state index contributed by atoms with van der Waals surface area (Å²) in [4.78, 5) is 8.24. The highest BCUT2D eigenvalue weighted by molar-refractivity contribution is 5.41. The maximum atomic E-state index is 5.54. The maximum absolute atomic E-state index is 5.54. The lowest BCUT2D eigenvalue weighted by Gasteiger charge is -2.11. The predicted molar refractivity (Wildman–Crippen MR) is 78.1 cm³/mol. The van der Waals surface area contributed by atoms with Crippen LogP contribution in [-0.2, 0) is 6.54 Å². The Kier molecular flexibility index (Phi) is 4.76. The smallest absolute Gasteiger partial charge is 0.218 e. The van der Waals surface area contributed by atoms with Crippen LogP contribution in [-0.4, -0.2) is 23.2 Å². The van der Waals surface area contributed by atoms with Crippen molar-refractivity contribution in [3.05, 3.63) is 42.2 Å². The van der Waals surface area contributed by atoms with Crippen molar-refractivity contribution < 1.29 is 9.47 Å². The van der Waals surface area contributed by atoms with Crippen LogP contribution in [0.15, 0.2) is 36.7 Å². The maximum Gasteiger partial charge on any atom is 0.218 e. The molecule has 2 aromatic rings. The number of methoxy groups -OCH3 is 1. The SMILES string of the molecule is COc1ccccc1CNc1cc(OC(C)C)ncn1. The molecule has 0 spiro atoms. The van der Waals surface area contributed by atoms with Crippen LogP contribution in [0.5, 0.6) is 11.6 Å². The van der Waals surface area contributed by atoms with Gasteiger partial charge >= 0.3 is 0 Å². The van der Waals surface area contributed by atoms with E-state index in [-0.39, 0.29) is 6.10 Å². The Morgan fingerprint density at radius 1 is 1.20 bits per heavy atom. The van der Waals surface area contributed by atoms with E-state index in [1.807, 2.05) is 38.1 Å². The fourth-order valence-electron chi connectivity index (χ4n) is 1.78.